The smallest absolute Gasteiger partial charge is 0.0540 e. The number of nitrogens with zero attached hydrogens (tertiary/aromatic N) is 1. The van der Waals surface area contributed by atoms with Crippen LogP contribution in [0.1, 0.15) is 5.56 Å². The van der Waals surface area contributed by atoms with E-state index in [1.54, 1.807) is 0 Å². The lowest BCUT2D eigenvalue weighted by molar-refractivity contribution is 1.28. The number of rotatable bonds is 1. The van der Waals surface area contributed by atoms with Crippen LogP contribution in [0, 0.1) is 6.92 Å². The molecule has 0 saturated heterocycles. The molecule has 26 heavy (non-hydrogen) atoms. The first-order valence-corrected chi connectivity index (χ1v) is 8.97. The minimum Gasteiger partial charge on any atom is -0.309 e. The molecular formula is C25H19N. The zero-order valence-electron chi connectivity index (χ0n) is 14.7. The number of fused-ring (bicyclic) bond motifs is 5. The Morgan fingerprint density at radius 2 is 1.00 bits per heavy atom. The van der Waals surface area contributed by atoms with Crippen molar-refractivity contribution in [3.63, 3.8) is 0 Å². The number of hydrogen-bond acceptors (Lipinski definition) is 1. The van der Waals surface area contributed by atoms with E-state index in [2.05, 4.69) is 109 Å². The zero-order valence-corrected chi connectivity index (χ0v) is 14.7. The van der Waals surface area contributed by atoms with E-state index < -0.39 is 0 Å². The van der Waals surface area contributed by atoms with Crippen molar-refractivity contribution < 1.29 is 0 Å². The second kappa shape index (κ2) is 5.89. The van der Waals surface area contributed by atoms with E-state index in [1.165, 1.54) is 44.9 Å². The van der Waals surface area contributed by atoms with Gasteiger partial charge >= 0.3 is 0 Å². The first-order valence-electron chi connectivity index (χ1n) is 8.97. The molecule has 0 radical (unpaired) electrons. The molecule has 0 atom stereocenters. The molecule has 0 unspecified atom stereocenters. The summed E-state index contributed by atoms with van der Waals surface area (Å²) in [5.41, 5.74) is 9.99. The molecule has 0 aliphatic carbocycles. The molecular weight excluding hydrogens is 314 g/mol. The molecule has 0 amide bonds. The molecule has 0 aromatic heterocycles. The summed E-state index contributed by atoms with van der Waals surface area (Å²) in [6, 6.07) is 34.8. The third kappa shape index (κ3) is 2.25. The van der Waals surface area contributed by atoms with Crippen LogP contribution in [0.2, 0.25) is 0 Å². The van der Waals surface area contributed by atoms with Crippen molar-refractivity contribution in [2.75, 3.05) is 4.90 Å². The van der Waals surface area contributed by atoms with Crippen molar-refractivity contribution in [1.82, 2.24) is 0 Å². The van der Waals surface area contributed by atoms with Gasteiger partial charge in [0.2, 0.25) is 0 Å². The number of para-hydroxylation sites is 2. The van der Waals surface area contributed by atoms with Gasteiger partial charge in [0, 0.05) is 16.8 Å². The lowest BCUT2D eigenvalue weighted by Crippen LogP contribution is -2.10. The summed E-state index contributed by atoms with van der Waals surface area (Å²) in [5, 5.41) is 0. The number of anilines is 3. The van der Waals surface area contributed by atoms with Crippen LogP contribution < -0.4 is 4.90 Å². The Kier molecular flexibility index (Phi) is 3.39. The molecule has 1 aliphatic heterocycles. The summed E-state index contributed by atoms with van der Waals surface area (Å²) in [6.45, 7) is 2.15. The molecule has 1 nitrogen and oxygen atoms in total. The quantitative estimate of drug-likeness (QED) is 0.316. The lowest BCUT2D eigenvalue weighted by Gasteiger charge is -2.27. The van der Waals surface area contributed by atoms with E-state index in [1.807, 2.05) is 0 Å². The van der Waals surface area contributed by atoms with E-state index in [9.17, 15) is 0 Å². The van der Waals surface area contributed by atoms with Gasteiger partial charge in [-0.2, -0.15) is 0 Å². The molecule has 1 heteroatoms. The van der Waals surface area contributed by atoms with E-state index >= 15 is 0 Å². The fourth-order valence-electron chi connectivity index (χ4n) is 3.92. The second-order valence-electron chi connectivity index (χ2n) is 6.75. The molecule has 4 aromatic rings. The molecule has 0 bridgehead atoms. The number of hydrogen-bond donors (Lipinski definition) is 0. The van der Waals surface area contributed by atoms with E-state index in [0.29, 0.717) is 0 Å². The topological polar surface area (TPSA) is 3.24 Å². The Labute approximate surface area is 154 Å². The molecule has 0 spiro atoms. The van der Waals surface area contributed by atoms with Gasteiger partial charge in [0.25, 0.3) is 0 Å². The van der Waals surface area contributed by atoms with Gasteiger partial charge in [-0.3, -0.25) is 0 Å². The molecule has 124 valence electrons. The fourth-order valence-corrected chi connectivity index (χ4v) is 3.92. The normalized spacial score (nSPS) is 12.0. The summed E-state index contributed by atoms with van der Waals surface area (Å²) in [7, 11) is 0. The van der Waals surface area contributed by atoms with Crippen LogP contribution >= 0.6 is 0 Å². The zero-order chi connectivity index (χ0) is 17.5. The van der Waals surface area contributed by atoms with Gasteiger partial charge in [-0.15, -0.1) is 0 Å². The highest BCUT2D eigenvalue weighted by Crippen LogP contribution is 2.50. The van der Waals surface area contributed by atoms with E-state index in [0.717, 1.165) is 0 Å². The van der Waals surface area contributed by atoms with Gasteiger partial charge in [0.05, 0.1) is 11.4 Å². The van der Waals surface area contributed by atoms with Crippen LogP contribution in [-0.4, -0.2) is 0 Å². The Hall–Kier alpha value is -3.32. The van der Waals surface area contributed by atoms with Crippen molar-refractivity contribution in [1.29, 1.82) is 0 Å². The molecule has 0 saturated carbocycles. The maximum Gasteiger partial charge on any atom is 0.0540 e. The van der Waals surface area contributed by atoms with Gasteiger partial charge in [0.15, 0.2) is 0 Å². The predicted octanol–water partition coefficient (Wildman–Crippen LogP) is 7.11. The molecule has 4 aromatic carbocycles. The average molecular weight is 333 g/mol. The SMILES string of the molecule is Cc1cccc(N2c3ccccc3-c3ccccc3-c3ccccc32)c1. The van der Waals surface area contributed by atoms with Gasteiger partial charge in [0.1, 0.15) is 0 Å². The molecule has 1 heterocycles. The predicted molar refractivity (Wildman–Crippen MR) is 110 cm³/mol. The Morgan fingerprint density at radius 1 is 0.500 bits per heavy atom. The summed E-state index contributed by atoms with van der Waals surface area (Å²) >= 11 is 0. The van der Waals surface area contributed by atoms with Crippen molar-refractivity contribution in [3.05, 3.63) is 103 Å². The number of benzene rings is 4. The van der Waals surface area contributed by atoms with E-state index in [4.69, 9.17) is 0 Å². The van der Waals surface area contributed by atoms with Crippen LogP contribution in [-0.2, 0) is 0 Å². The lowest BCUT2D eigenvalue weighted by atomic mass is 9.95. The molecule has 5 rings (SSSR count). The first kappa shape index (κ1) is 15.0. The largest absolute Gasteiger partial charge is 0.309 e. The van der Waals surface area contributed by atoms with E-state index in [-0.39, 0.29) is 0 Å². The maximum atomic E-state index is 2.39. The third-order valence-electron chi connectivity index (χ3n) is 5.06. The highest BCUT2D eigenvalue weighted by molar-refractivity contribution is 6.02. The summed E-state index contributed by atoms with van der Waals surface area (Å²) < 4.78 is 0. The summed E-state index contributed by atoms with van der Waals surface area (Å²) in [5.74, 6) is 0. The van der Waals surface area contributed by atoms with Crippen LogP contribution in [0.4, 0.5) is 17.1 Å². The molecule has 0 N–H and O–H groups in total. The Balaban J connectivity index is 1.91. The van der Waals surface area contributed by atoms with Crippen LogP contribution in [0.5, 0.6) is 0 Å². The van der Waals surface area contributed by atoms with Crippen LogP contribution in [0.15, 0.2) is 97.1 Å². The maximum absolute atomic E-state index is 2.39. The van der Waals surface area contributed by atoms with Gasteiger partial charge < -0.3 is 4.90 Å². The highest BCUT2D eigenvalue weighted by Gasteiger charge is 2.25. The minimum atomic E-state index is 1.19. The second-order valence-corrected chi connectivity index (χ2v) is 6.75. The average Bonchev–Trinajstić information content (AvgIpc) is 2.81. The van der Waals surface area contributed by atoms with Gasteiger partial charge in [-0.05, 0) is 47.9 Å². The van der Waals surface area contributed by atoms with Crippen molar-refractivity contribution >= 4 is 17.1 Å². The highest BCUT2D eigenvalue weighted by atomic mass is 15.1. The van der Waals surface area contributed by atoms with Crippen molar-refractivity contribution in [3.8, 4) is 22.3 Å². The third-order valence-corrected chi connectivity index (χ3v) is 5.06. The standard InChI is InChI=1S/C25H19N/c1-18-9-8-10-19(17-18)26-24-15-6-4-13-22(24)20-11-2-3-12-21(20)23-14-5-7-16-25(23)26/h2-17H,1H3. The van der Waals surface area contributed by atoms with Gasteiger partial charge in [-0.1, -0.05) is 72.8 Å². The minimum absolute atomic E-state index is 1.19. The van der Waals surface area contributed by atoms with Crippen LogP contribution in [0.3, 0.4) is 0 Å². The Bertz CT molecular complexity index is 1040. The van der Waals surface area contributed by atoms with Crippen molar-refractivity contribution in [2.24, 2.45) is 0 Å². The molecule has 0 fully saturated rings. The summed E-state index contributed by atoms with van der Waals surface area (Å²) in [6.07, 6.45) is 0. The fraction of sp³-hybridized carbons (Fsp3) is 0.0400. The molecule has 1 aliphatic rings. The van der Waals surface area contributed by atoms with Gasteiger partial charge in [-0.25, -0.2) is 0 Å². The monoisotopic (exact) mass is 333 g/mol. The number of aryl methyl sites for hydroxylation is 1. The first-order chi connectivity index (χ1) is 12.8. The van der Waals surface area contributed by atoms with Crippen LogP contribution in [0.25, 0.3) is 22.3 Å². The summed E-state index contributed by atoms with van der Waals surface area (Å²) in [4.78, 5) is 2.39. The van der Waals surface area contributed by atoms with Crippen molar-refractivity contribution in [2.45, 2.75) is 6.92 Å². The Morgan fingerprint density at radius 3 is 1.54 bits per heavy atom.